The zero-order valence-corrected chi connectivity index (χ0v) is 11.0. The molecule has 0 atom stereocenters. The Labute approximate surface area is 122 Å². The number of anilines is 2. The molecule has 0 bridgehead atoms. The summed E-state index contributed by atoms with van der Waals surface area (Å²) in [6, 6.07) is 4.32. The number of nitrogens with zero attached hydrogens (tertiary/aromatic N) is 2. The maximum Gasteiger partial charge on any atom is 0.339 e. The molecule has 2 rings (SSSR count). The lowest BCUT2D eigenvalue weighted by Crippen LogP contribution is -2.06. The molecule has 0 aliphatic carbocycles. The maximum absolute atomic E-state index is 13.2. The molecule has 1 aromatic heterocycles. The molecule has 0 spiro atoms. The van der Waals surface area contributed by atoms with Crippen LogP contribution in [-0.2, 0) is 0 Å². The van der Waals surface area contributed by atoms with Crippen LogP contribution in [0.3, 0.4) is 0 Å². The van der Waals surface area contributed by atoms with E-state index in [1.54, 1.807) is 0 Å². The summed E-state index contributed by atoms with van der Waals surface area (Å²) in [5.41, 5.74) is -0.798. The fourth-order valence-electron chi connectivity index (χ4n) is 1.54. The first kappa shape index (κ1) is 14.7. The molecule has 7 nitrogen and oxygen atoms in total. The fraction of sp³-hybridized carbons (Fsp3) is 0. The van der Waals surface area contributed by atoms with Crippen LogP contribution in [0.1, 0.15) is 10.4 Å². The number of nitrogens with one attached hydrogen (secondary N) is 1. The van der Waals surface area contributed by atoms with Crippen LogP contribution >= 0.6 is 11.6 Å². The maximum atomic E-state index is 13.2. The molecule has 9 heteroatoms. The number of pyridine rings is 1. The Kier molecular flexibility index (Phi) is 3.99. The lowest BCUT2D eigenvalue weighted by Gasteiger charge is -2.10. The highest BCUT2D eigenvalue weighted by atomic mass is 35.5. The van der Waals surface area contributed by atoms with Gasteiger partial charge in [-0.25, -0.2) is 14.2 Å². The number of aromatic nitrogens is 1. The van der Waals surface area contributed by atoms with Gasteiger partial charge in [0.2, 0.25) is 0 Å². The second kappa shape index (κ2) is 5.71. The Bertz CT molecular complexity index is 738. The molecule has 0 radical (unpaired) electrons. The molecule has 0 fully saturated rings. The van der Waals surface area contributed by atoms with Gasteiger partial charge in [0.05, 0.1) is 15.6 Å². The topological polar surface area (TPSA) is 105 Å². The van der Waals surface area contributed by atoms with Crippen molar-refractivity contribution < 1.29 is 19.2 Å². The van der Waals surface area contributed by atoms with E-state index in [4.69, 9.17) is 16.7 Å². The average molecular weight is 312 g/mol. The van der Waals surface area contributed by atoms with E-state index in [1.807, 2.05) is 0 Å². The molecule has 0 unspecified atom stereocenters. The van der Waals surface area contributed by atoms with Crippen molar-refractivity contribution in [2.45, 2.75) is 0 Å². The van der Waals surface area contributed by atoms with Crippen LogP contribution in [0, 0.1) is 15.9 Å². The number of aromatic carboxylic acids is 1. The van der Waals surface area contributed by atoms with Gasteiger partial charge in [0.1, 0.15) is 23.4 Å². The van der Waals surface area contributed by atoms with Crippen molar-refractivity contribution in [3.05, 3.63) is 57.0 Å². The van der Waals surface area contributed by atoms with Gasteiger partial charge in [0, 0.05) is 6.07 Å². The minimum Gasteiger partial charge on any atom is -0.478 e. The third kappa shape index (κ3) is 3.23. The lowest BCUT2D eigenvalue weighted by atomic mass is 10.2. The normalized spacial score (nSPS) is 10.2. The van der Waals surface area contributed by atoms with E-state index in [2.05, 4.69) is 10.3 Å². The van der Waals surface area contributed by atoms with Crippen LogP contribution in [0.4, 0.5) is 21.6 Å². The quantitative estimate of drug-likeness (QED) is 0.663. The van der Waals surface area contributed by atoms with Crippen LogP contribution in [0.2, 0.25) is 5.02 Å². The number of benzene rings is 1. The van der Waals surface area contributed by atoms with Crippen LogP contribution in [0.15, 0.2) is 30.5 Å². The molecule has 0 saturated heterocycles. The predicted molar refractivity (Wildman–Crippen MR) is 72.5 cm³/mol. The van der Waals surface area contributed by atoms with Crippen molar-refractivity contribution in [1.29, 1.82) is 0 Å². The number of nitro groups is 1. The second-order valence-electron chi connectivity index (χ2n) is 3.90. The Morgan fingerprint density at radius 1 is 1.43 bits per heavy atom. The number of rotatable bonds is 4. The fourth-order valence-corrected chi connectivity index (χ4v) is 1.70. The molecule has 0 amide bonds. The molecule has 0 aliphatic heterocycles. The Hall–Kier alpha value is -2.74. The highest BCUT2D eigenvalue weighted by Crippen LogP contribution is 2.28. The SMILES string of the molecule is O=C(O)c1cc([N+](=O)[O-])cnc1Nc1cc(F)ccc1Cl. The molecule has 108 valence electrons. The van der Waals surface area contributed by atoms with Crippen molar-refractivity contribution in [3.8, 4) is 0 Å². The molecule has 0 aliphatic rings. The predicted octanol–water partition coefficient (Wildman–Crippen LogP) is 3.22. The van der Waals surface area contributed by atoms with Gasteiger partial charge in [-0.3, -0.25) is 10.1 Å². The van der Waals surface area contributed by atoms with E-state index < -0.39 is 28.0 Å². The van der Waals surface area contributed by atoms with Gasteiger partial charge < -0.3 is 10.4 Å². The number of hydrogen-bond donors (Lipinski definition) is 2. The zero-order valence-electron chi connectivity index (χ0n) is 10.2. The van der Waals surface area contributed by atoms with Gasteiger partial charge in [0.25, 0.3) is 5.69 Å². The Balaban J connectivity index is 2.46. The van der Waals surface area contributed by atoms with Gasteiger partial charge in [0.15, 0.2) is 0 Å². The summed E-state index contributed by atoms with van der Waals surface area (Å²) in [6.07, 6.45) is 0.891. The van der Waals surface area contributed by atoms with E-state index in [0.717, 1.165) is 24.4 Å². The van der Waals surface area contributed by atoms with Crippen LogP contribution < -0.4 is 5.32 Å². The molecule has 21 heavy (non-hydrogen) atoms. The lowest BCUT2D eigenvalue weighted by molar-refractivity contribution is -0.385. The Morgan fingerprint density at radius 3 is 2.76 bits per heavy atom. The van der Waals surface area contributed by atoms with E-state index in [1.165, 1.54) is 6.07 Å². The zero-order chi connectivity index (χ0) is 15.6. The van der Waals surface area contributed by atoms with Crippen LogP contribution in [0.5, 0.6) is 0 Å². The van der Waals surface area contributed by atoms with Crippen molar-refractivity contribution in [2.75, 3.05) is 5.32 Å². The van der Waals surface area contributed by atoms with E-state index in [-0.39, 0.29) is 16.5 Å². The van der Waals surface area contributed by atoms with Gasteiger partial charge in [-0.1, -0.05) is 11.6 Å². The minimum absolute atomic E-state index is 0.0977. The average Bonchev–Trinajstić information content (AvgIpc) is 2.42. The third-order valence-electron chi connectivity index (χ3n) is 2.50. The summed E-state index contributed by atoms with van der Waals surface area (Å²) in [5, 5.41) is 22.4. The highest BCUT2D eigenvalue weighted by molar-refractivity contribution is 6.33. The Morgan fingerprint density at radius 2 is 2.14 bits per heavy atom. The van der Waals surface area contributed by atoms with Crippen molar-refractivity contribution in [3.63, 3.8) is 0 Å². The first-order valence-electron chi connectivity index (χ1n) is 5.48. The molecule has 1 aromatic carbocycles. The smallest absolute Gasteiger partial charge is 0.339 e. The summed E-state index contributed by atoms with van der Waals surface area (Å²) in [7, 11) is 0. The highest BCUT2D eigenvalue weighted by Gasteiger charge is 2.18. The van der Waals surface area contributed by atoms with Gasteiger partial charge in [-0.2, -0.15) is 0 Å². The molecular weight excluding hydrogens is 305 g/mol. The third-order valence-corrected chi connectivity index (χ3v) is 2.83. The second-order valence-corrected chi connectivity index (χ2v) is 4.31. The van der Waals surface area contributed by atoms with Crippen molar-refractivity contribution in [2.24, 2.45) is 0 Å². The summed E-state index contributed by atoms with van der Waals surface area (Å²) in [5.74, 6) is -2.18. The molecule has 0 saturated carbocycles. The minimum atomic E-state index is -1.42. The monoisotopic (exact) mass is 311 g/mol. The van der Waals surface area contributed by atoms with Gasteiger partial charge in [-0.05, 0) is 18.2 Å². The molecule has 2 aromatic rings. The summed E-state index contributed by atoms with van der Waals surface area (Å²) in [6.45, 7) is 0. The largest absolute Gasteiger partial charge is 0.478 e. The van der Waals surface area contributed by atoms with E-state index >= 15 is 0 Å². The van der Waals surface area contributed by atoms with Crippen LogP contribution in [0.25, 0.3) is 0 Å². The first-order valence-corrected chi connectivity index (χ1v) is 5.86. The number of carbonyl (C=O) groups is 1. The standard InChI is InChI=1S/C12H7ClFN3O4/c13-9-2-1-6(14)3-10(9)16-11-8(12(18)19)4-7(5-15-11)17(20)21/h1-5H,(H,15,16)(H,18,19). The number of carboxylic acid groups (broad SMARTS) is 1. The van der Waals surface area contributed by atoms with Gasteiger partial charge >= 0.3 is 5.97 Å². The van der Waals surface area contributed by atoms with E-state index in [0.29, 0.717) is 0 Å². The summed E-state index contributed by atoms with van der Waals surface area (Å²) in [4.78, 5) is 24.7. The molecule has 1 heterocycles. The summed E-state index contributed by atoms with van der Waals surface area (Å²) >= 11 is 5.85. The number of carboxylic acids is 1. The summed E-state index contributed by atoms with van der Waals surface area (Å²) < 4.78 is 13.2. The van der Waals surface area contributed by atoms with Crippen molar-refractivity contribution >= 4 is 34.8 Å². The number of hydrogen-bond acceptors (Lipinski definition) is 5. The van der Waals surface area contributed by atoms with Gasteiger partial charge in [-0.15, -0.1) is 0 Å². The van der Waals surface area contributed by atoms with E-state index in [9.17, 15) is 19.3 Å². The number of halogens is 2. The first-order chi connectivity index (χ1) is 9.88. The van der Waals surface area contributed by atoms with Crippen molar-refractivity contribution in [1.82, 2.24) is 4.98 Å². The molecule has 2 N–H and O–H groups in total. The molecular formula is C12H7ClFN3O4. The van der Waals surface area contributed by atoms with Crippen LogP contribution in [-0.4, -0.2) is 21.0 Å².